The van der Waals surface area contributed by atoms with Crippen LogP contribution in [0.2, 0.25) is 0 Å². The second-order valence-corrected chi connectivity index (χ2v) is 6.85. The molecule has 1 aliphatic heterocycles. The summed E-state index contributed by atoms with van der Waals surface area (Å²) in [7, 11) is 1.64. The molecule has 1 atom stereocenters. The molecule has 1 aromatic carbocycles. The smallest absolute Gasteiger partial charge is 0.250 e. The van der Waals surface area contributed by atoms with Crippen LogP contribution in [-0.2, 0) is 17.9 Å². The average Bonchev–Trinajstić information content (AvgIpc) is 3.21. The van der Waals surface area contributed by atoms with Crippen molar-refractivity contribution in [2.45, 2.75) is 25.4 Å². The lowest BCUT2D eigenvalue weighted by Gasteiger charge is -2.32. The van der Waals surface area contributed by atoms with Crippen molar-refractivity contribution in [2.24, 2.45) is 0 Å². The summed E-state index contributed by atoms with van der Waals surface area (Å²) in [5.74, 6) is 0.777. The van der Waals surface area contributed by atoms with Gasteiger partial charge in [0.25, 0.3) is 5.56 Å². The van der Waals surface area contributed by atoms with E-state index in [4.69, 9.17) is 4.74 Å². The minimum atomic E-state index is -0.0981. The molecule has 0 fully saturated rings. The summed E-state index contributed by atoms with van der Waals surface area (Å²) in [6.45, 7) is 1.42. The van der Waals surface area contributed by atoms with Gasteiger partial charge in [0.1, 0.15) is 5.75 Å². The summed E-state index contributed by atoms with van der Waals surface area (Å²) < 4.78 is 6.91. The number of aryl methyl sites for hydroxylation is 1. The van der Waals surface area contributed by atoms with Gasteiger partial charge in [0.2, 0.25) is 5.91 Å². The topological polar surface area (TPSA) is 80.2 Å². The van der Waals surface area contributed by atoms with Crippen molar-refractivity contribution in [3.8, 4) is 5.75 Å². The number of carbonyl (C=O) groups is 1. The number of fused-ring (bicyclic) bond motifs is 1. The minimum absolute atomic E-state index is 0.0175. The fourth-order valence-electron chi connectivity index (χ4n) is 3.65. The first kappa shape index (κ1) is 18.0. The second-order valence-electron chi connectivity index (χ2n) is 6.85. The van der Waals surface area contributed by atoms with Gasteiger partial charge < -0.3 is 19.2 Å². The molecular weight excluding hydrogens is 356 g/mol. The number of ether oxygens (including phenoxy) is 1. The SMILES string of the molecule is COc1cccc(C2CN(C(=O)CCn3ccccc3=O)Cc3[nH]cnc32)c1. The maximum Gasteiger partial charge on any atom is 0.250 e. The van der Waals surface area contributed by atoms with E-state index in [0.29, 0.717) is 19.6 Å². The van der Waals surface area contributed by atoms with Gasteiger partial charge in [0.05, 0.1) is 31.4 Å². The summed E-state index contributed by atoms with van der Waals surface area (Å²) >= 11 is 0. The van der Waals surface area contributed by atoms with Crippen molar-refractivity contribution >= 4 is 5.91 Å². The Bertz CT molecular complexity index is 1040. The van der Waals surface area contributed by atoms with Crippen LogP contribution >= 0.6 is 0 Å². The quantitative estimate of drug-likeness (QED) is 0.738. The van der Waals surface area contributed by atoms with Gasteiger partial charge in [0, 0.05) is 37.7 Å². The fourth-order valence-corrected chi connectivity index (χ4v) is 3.65. The number of H-pyrrole nitrogens is 1. The molecule has 1 aliphatic rings. The molecule has 28 heavy (non-hydrogen) atoms. The lowest BCUT2D eigenvalue weighted by molar-refractivity contribution is -0.132. The van der Waals surface area contributed by atoms with Crippen LogP contribution in [-0.4, -0.2) is 39.0 Å². The lowest BCUT2D eigenvalue weighted by Crippen LogP contribution is -2.39. The van der Waals surface area contributed by atoms with Crippen molar-refractivity contribution in [3.63, 3.8) is 0 Å². The van der Waals surface area contributed by atoms with E-state index in [1.165, 1.54) is 6.07 Å². The number of aromatic amines is 1. The number of benzene rings is 1. The van der Waals surface area contributed by atoms with Gasteiger partial charge >= 0.3 is 0 Å². The third-order valence-electron chi connectivity index (χ3n) is 5.15. The highest BCUT2D eigenvalue weighted by atomic mass is 16.5. The van der Waals surface area contributed by atoms with Gasteiger partial charge in [-0.25, -0.2) is 4.98 Å². The lowest BCUT2D eigenvalue weighted by atomic mass is 9.90. The number of rotatable bonds is 5. The predicted molar refractivity (Wildman–Crippen MR) is 104 cm³/mol. The van der Waals surface area contributed by atoms with Gasteiger partial charge in [-0.1, -0.05) is 18.2 Å². The maximum atomic E-state index is 12.9. The third kappa shape index (κ3) is 3.55. The molecule has 4 rings (SSSR count). The summed E-state index contributed by atoms with van der Waals surface area (Å²) in [5.41, 5.74) is 2.88. The Morgan fingerprint density at radius 1 is 1.29 bits per heavy atom. The number of methoxy groups -OCH3 is 1. The number of carbonyl (C=O) groups excluding carboxylic acids is 1. The van der Waals surface area contributed by atoms with Crippen molar-refractivity contribution in [1.82, 2.24) is 19.4 Å². The van der Waals surface area contributed by atoms with E-state index in [2.05, 4.69) is 9.97 Å². The number of aromatic nitrogens is 3. The van der Waals surface area contributed by atoms with Crippen LogP contribution in [0.5, 0.6) is 5.75 Å². The molecule has 0 spiro atoms. The molecule has 1 unspecified atom stereocenters. The highest BCUT2D eigenvalue weighted by Gasteiger charge is 2.31. The summed E-state index contributed by atoms with van der Waals surface area (Å²) in [6.07, 6.45) is 3.66. The van der Waals surface area contributed by atoms with Crippen LogP contribution in [0.15, 0.2) is 59.8 Å². The highest BCUT2D eigenvalue weighted by Crippen LogP contribution is 2.33. The summed E-state index contributed by atoms with van der Waals surface area (Å²) in [5, 5.41) is 0. The molecule has 7 nitrogen and oxygen atoms in total. The van der Waals surface area contributed by atoms with E-state index in [1.54, 1.807) is 36.3 Å². The van der Waals surface area contributed by atoms with Crippen molar-refractivity contribution in [1.29, 1.82) is 0 Å². The van der Waals surface area contributed by atoms with E-state index in [1.807, 2.05) is 29.2 Å². The van der Waals surface area contributed by atoms with E-state index < -0.39 is 0 Å². The average molecular weight is 378 g/mol. The molecule has 3 aromatic rings. The summed E-state index contributed by atoms with van der Waals surface area (Å²) in [4.78, 5) is 34.2. The van der Waals surface area contributed by atoms with E-state index in [-0.39, 0.29) is 23.8 Å². The van der Waals surface area contributed by atoms with Crippen molar-refractivity contribution in [2.75, 3.05) is 13.7 Å². The number of pyridine rings is 1. The van der Waals surface area contributed by atoms with Crippen LogP contribution in [0.3, 0.4) is 0 Å². The molecule has 144 valence electrons. The van der Waals surface area contributed by atoms with Crippen LogP contribution < -0.4 is 10.3 Å². The van der Waals surface area contributed by atoms with E-state index in [9.17, 15) is 9.59 Å². The second kappa shape index (κ2) is 7.72. The van der Waals surface area contributed by atoms with Gasteiger partial charge in [-0.2, -0.15) is 0 Å². The zero-order chi connectivity index (χ0) is 19.5. The van der Waals surface area contributed by atoms with Crippen molar-refractivity contribution in [3.05, 3.63) is 82.3 Å². The maximum absolute atomic E-state index is 12.9. The molecule has 0 aliphatic carbocycles. The monoisotopic (exact) mass is 378 g/mol. The Balaban J connectivity index is 1.54. The van der Waals surface area contributed by atoms with Gasteiger partial charge in [-0.3, -0.25) is 9.59 Å². The molecule has 0 saturated carbocycles. The molecule has 1 amide bonds. The molecule has 2 aromatic heterocycles. The first-order chi connectivity index (χ1) is 13.7. The standard InChI is InChI=1S/C21H22N4O3/c1-28-16-6-4-5-15(11-16)17-12-25(13-18-21(17)23-14-22-18)20(27)8-10-24-9-3-2-7-19(24)26/h2-7,9,11,14,17H,8,10,12-13H2,1H3,(H,22,23). The van der Waals surface area contributed by atoms with Gasteiger partial charge in [-0.05, 0) is 23.8 Å². The highest BCUT2D eigenvalue weighted by molar-refractivity contribution is 5.76. The van der Waals surface area contributed by atoms with Gasteiger partial charge in [-0.15, -0.1) is 0 Å². The molecule has 1 N–H and O–H groups in total. The molecule has 0 bridgehead atoms. The Kier molecular flexibility index (Phi) is 4.97. The molecule has 0 radical (unpaired) electrons. The van der Waals surface area contributed by atoms with Crippen LogP contribution in [0.1, 0.15) is 29.3 Å². The number of nitrogens with one attached hydrogen (secondary N) is 1. The first-order valence-electron chi connectivity index (χ1n) is 9.25. The number of imidazole rings is 1. The Morgan fingerprint density at radius 2 is 2.18 bits per heavy atom. The Hall–Kier alpha value is -3.35. The third-order valence-corrected chi connectivity index (χ3v) is 5.15. The Labute approximate surface area is 162 Å². The van der Waals surface area contributed by atoms with Crippen molar-refractivity contribution < 1.29 is 9.53 Å². The number of hydrogen-bond donors (Lipinski definition) is 1. The predicted octanol–water partition coefficient (Wildman–Crippen LogP) is 2.14. The van der Waals surface area contributed by atoms with Crippen LogP contribution in [0, 0.1) is 0 Å². The molecule has 0 saturated heterocycles. The number of amides is 1. The van der Waals surface area contributed by atoms with E-state index in [0.717, 1.165) is 22.7 Å². The zero-order valence-electron chi connectivity index (χ0n) is 15.7. The van der Waals surface area contributed by atoms with Gasteiger partial charge in [0.15, 0.2) is 0 Å². The Morgan fingerprint density at radius 3 is 3.00 bits per heavy atom. The first-order valence-corrected chi connectivity index (χ1v) is 9.25. The zero-order valence-corrected chi connectivity index (χ0v) is 15.7. The number of nitrogens with zero attached hydrogens (tertiary/aromatic N) is 3. The van der Waals surface area contributed by atoms with Crippen LogP contribution in [0.25, 0.3) is 0 Å². The fraction of sp³-hybridized carbons (Fsp3) is 0.286. The van der Waals surface area contributed by atoms with E-state index >= 15 is 0 Å². The number of hydrogen-bond acceptors (Lipinski definition) is 4. The largest absolute Gasteiger partial charge is 0.497 e. The summed E-state index contributed by atoms with van der Waals surface area (Å²) in [6, 6.07) is 12.9. The normalized spacial score (nSPS) is 15.9. The minimum Gasteiger partial charge on any atom is -0.497 e. The molecule has 3 heterocycles. The molecule has 7 heteroatoms. The van der Waals surface area contributed by atoms with Crippen LogP contribution in [0.4, 0.5) is 0 Å². The molecular formula is C21H22N4O3.